The first-order valence-electron chi connectivity index (χ1n) is 6.09. The lowest BCUT2D eigenvalue weighted by Gasteiger charge is -2.27. The highest BCUT2D eigenvalue weighted by Crippen LogP contribution is 2.23. The van der Waals surface area contributed by atoms with Crippen LogP contribution in [0, 0.1) is 0 Å². The quantitative estimate of drug-likeness (QED) is 0.773. The molecule has 0 fully saturated rings. The molecule has 2 nitrogen and oxygen atoms in total. The van der Waals surface area contributed by atoms with Crippen LogP contribution in [0.15, 0.2) is 18.3 Å². The monoisotopic (exact) mass is 220 g/mol. The summed E-state index contributed by atoms with van der Waals surface area (Å²) in [7, 11) is 0. The van der Waals surface area contributed by atoms with Crippen LogP contribution in [-0.4, -0.2) is 17.6 Å². The van der Waals surface area contributed by atoms with Crippen LogP contribution in [0.5, 0.6) is 0 Å². The summed E-state index contributed by atoms with van der Waals surface area (Å²) in [6, 6.07) is 4.82. The Kier molecular flexibility index (Phi) is 3.95. The third kappa shape index (κ3) is 2.97. The Hall–Kier alpha value is -1.05. The van der Waals surface area contributed by atoms with Gasteiger partial charge in [0.05, 0.1) is 0 Å². The van der Waals surface area contributed by atoms with Crippen molar-refractivity contribution in [3.63, 3.8) is 0 Å². The number of anilines is 1. The molecule has 0 aliphatic heterocycles. The zero-order valence-electron chi connectivity index (χ0n) is 11.4. The van der Waals surface area contributed by atoms with Crippen LogP contribution in [-0.2, 0) is 5.41 Å². The lowest BCUT2D eigenvalue weighted by Crippen LogP contribution is -2.31. The maximum atomic E-state index is 4.56. The molecule has 0 saturated heterocycles. The Morgan fingerprint density at radius 1 is 1.25 bits per heavy atom. The van der Waals surface area contributed by atoms with Crippen LogP contribution in [0.3, 0.4) is 0 Å². The average molecular weight is 220 g/mol. The molecule has 0 spiro atoms. The third-order valence-electron chi connectivity index (χ3n) is 2.87. The molecule has 0 saturated carbocycles. The second kappa shape index (κ2) is 4.86. The molecule has 0 N–H and O–H groups in total. The molecule has 0 aromatic carbocycles. The summed E-state index contributed by atoms with van der Waals surface area (Å²) in [6.07, 6.45) is 2.00. The van der Waals surface area contributed by atoms with E-state index in [9.17, 15) is 0 Å². The van der Waals surface area contributed by atoms with E-state index in [1.54, 1.807) is 0 Å². The van der Waals surface area contributed by atoms with Crippen LogP contribution >= 0.6 is 0 Å². The molecule has 0 bridgehead atoms. The van der Waals surface area contributed by atoms with E-state index >= 15 is 0 Å². The molecule has 2 heteroatoms. The Morgan fingerprint density at radius 2 is 1.88 bits per heavy atom. The topological polar surface area (TPSA) is 16.1 Å². The van der Waals surface area contributed by atoms with Crippen LogP contribution in [0.4, 0.5) is 5.82 Å². The predicted octanol–water partition coefficient (Wildman–Crippen LogP) is 3.61. The normalized spacial score (nSPS) is 11.9. The van der Waals surface area contributed by atoms with E-state index in [4.69, 9.17) is 0 Å². The zero-order chi connectivity index (χ0) is 12.3. The van der Waals surface area contributed by atoms with Crippen LogP contribution in [0.2, 0.25) is 0 Å². The second-order valence-corrected chi connectivity index (χ2v) is 5.53. The van der Waals surface area contributed by atoms with Gasteiger partial charge in [0.2, 0.25) is 0 Å². The molecular formula is C14H24N2. The van der Waals surface area contributed by atoms with Crippen molar-refractivity contribution < 1.29 is 0 Å². The molecular weight excluding hydrogens is 196 g/mol. The van der Waals surface area contributed by atoms with Gasteiger partial charge in [0.15, 0.2) is 0 Å². The van der Waals surface area contributed by atoms with Gasteiger partial charge in [0.1, 0.15) is 5.82 Å². The molecule has 0 atom stereocenters. The molecule has 0 aliphatic rings. The van der Waals surface area contributed by atoms with Crippen LogP contribution < -0.4 is 4.90 Å². The molecule has 1 rings (SSSR count). The summed E-state index contributed by atoms with van der Waals surface area (Å²) in [5.74, 6) is 1.07. The lowest BCUT2D eigenvalue weighted by atomic mass is 9.88. The van der Waals surface area contributed by atoms with E-state index in [0.29, 0.717) is 6.04 Å². The molecule has 90 valence electrons. The Bertz CT molecular complexity index is 320. The summed E-state index contributed by atoms with van der Waals surface area (Å²) in [5, 5.41) is 0. The first-order chi connectivity index (χ1) is 7.36. The maximum Gasteiger partial charge on any atom is 0.128 e. The number of rotatable bonds is 3. The van der Waals surface area contributed by atoms with Gasteiger partial charge in [0, 0.05) is 18.8 Å². The molecule has 16 heavy (non-hydrogen) atoms. The summed E-state index contributed by atoms with van der Waals surface area (Å²) >= 11 is 0. The molecule has 1 heterocycles. The fourth-order valence-corrected chi connectivity index (χ4v) is 1.79. The van der Waals surface area contributed by atoms with Crippen molar-refractivity contribution in [2.24, 2.45) is 0 Å². The van der Waals surface area contributed by atoms with Crippen molar-refractivity contribution in [3.8, 4) is 0 Å². The Labute approximate surface area is 99.7 Å². The molecule has 0 amide bonds. The van der Waals surface area contributed by atoms with E-state index in [1.165, 1.54) is 5.56 Å². The van der Waals surface area contributed by atoms with Gasteiger partial charge >= 0.3 is 0 Å². The molecule has 1 aromatic rings. The molecule has 0 radical (unpaired) electrons. The van der Waals surface area contributed by atoms with Gasteiger partial charge in [-0.25, -0.2) is 4.98 Å². The predicted molar refractivity (Wildman–Crippen MR) is 71.1 cm³/mol. The smallest absolute Gasteiger partial charge is 0.128 e. The van der Waals surface area contributed by atoms with E-state index in [0.717, 1.165) is 12.4 Å². The van der Waals surface area contributed by atoms with Crippen molar-refractivity contribution in [1.82, 2.24) is 4.98 Å². The highest BCUT2D eigenvalue weighted by Gasteiger charge is 2.15. The summed E-state index contributed by atoms with van der Waals surface area (Å²) < 4.78 is 0. The lowest BCUT2D eigenvalue weighted by molar-refractivity contribution is 0.586. The van der Waals surface area contributed by atoms with Gasteiger partial charge in [-0.2, -0.15) is 0 Å². The number of aromatic nitrogens is 1. The van der Waals surface area contributed by atoms with Gasteiger partial charge in [-0.15, -0.1) is 0 Å². The largest absolute Gasteiger partial charge is 0.354 e. The average Bonchev–Trinajstić information content (AvgIpc) is 2.17. The second-order valence-electron chi connectivity index (χ2n) is 5.53. The zero-order valence-corrected chi connectivity index (χ0v) is 11.4. The van der Waals surface area contributed by atoms with Crippen molar-refractivity contribution >= 4 is 5.82 Å². The Morgan fingerprint density at radius 3 is 2.19 bits per heavy atom. The summed E-state index contributed by atoms with van der Waals surface area (Å²) in [4.78, 5) is 6.86. The highest BCUT2D eigenvalue weighted by molar-refractivity contribution is 5.41. The molecule has 0 aliphatic carbocycles. The van der Waals surface area contributed by atoms with Crippen LogP contribution in [0.25, 0.3) is 0 Å². The first kappa shape index (κ1) is 13.0. The van der Waals surface area contributed by atoms with E-state index in [2.05, 4.69) is 63.6 Å². The molecule has 1 aromatic heterocycles. The van der Waals surface area contributed by atoms with Crippen molar-refractivity contribution in [2.45, 2.75) is 53.0 Å². The molecule has 0 unspecified atom stereocenters. The van der Waals surface area contributed by atoms with Crippen molar-refractivity contribution in [1.29, 1.82) is 0 Å². The Balaban J connectivity index is 2.94. The van der Waals surface area contributed by atoms with Gasteiger partial charge in [-0.1, -0.05) is 26.8 Å². The number of hydrogen-bond donors (Lipinski definition) is 0. The van der Waals surface area contributed by atoms with Crippen molar-refractivity contribution in [2.75, 3.05) is 11.4 Å². The summed E-state index contributed by atoms with van der Waals surface area (Å²) in [5.41, 5.74) is 1.47. The summed E-state index contributed by atoms with van der Waals surface area (Å²) in [6.45, 7) is 14.2. The standard InChI is InChI=1S/C14H24N2/c1-7-16(11(2)3)13-9-8-12(10-15-13)14(4,5)6/h8-11H,7H2,1-6H3. The van der Waals surface area contributed by atoms with E-state index in [1.807, 2.05) is 6.20 Å². The highest BCUT2D eigenvalue weighted by atomic mass is 15.2. The fraction of sp³-hybridized carbons (Fsp3) is 0.643. The SMILES string of the molecule is CCN(c1ccc(C(C)(C)C)cn1)C(C)C. The third-order valence-corrected chi connectivity index (χ3v) is 2.87. The number of hydrogen-bond acceptors (Lipinski definition) is 2. The number of pyridine rings is 1. The van der Waals surface area contributed by atoms with Gasteiger partial charge in [-0.3, -0.25) is 0 Å². The van der Waals surface area contributed by atoms with Crippen molar-refractivity contribution in [3.05, 3.63) is 23.9 Å². The first-order valence-corrected chi connectivity index (χ1v) is 6.09. The van der Waals surface area contributed by atoms with Crippen LogP contribution in [0.1, 0.15) is 47.1 Å². The minimum absolute atomic E-state index is 0.181. The number of nitrogens with zero attached hydrogens (tertiary/aromatic N) is 2. The minimum atomic E-state index is 0.181. The van der Waals surface area contributed by atoms with Gasteiger partial charge in [0.25, 0.3) is 0 Å². The van der Waals surface area contributed by atoms with Gasteiger partial charge < -0.3 is 4.90 Å². The van der Waals surface area contributed by atoms with E-state index in [-0.39, 0.29) is 5.41 Å². The van der Waals surface area contributed by atoms with E-state index < -0.39 is 0 Å². The minimum Gasteiger partial charge on any atom is -0.354 e. The van der Waals surface area contributed by atoms with Gasteiger partial charge in [-0.05, 0) is 37.8 Å². The maximum absolute atomic E-state index is 4.56. The fourth-order valence-electron chi connectivity index (χ4n) is 1.79.